The number of carbonyl (C=O) groups excluding carboxylic acids is 1. The molecule has 0 aliphatic heterocycles. The van der Waals surface area contributed by atoms with Crippen molar-refractivity contribution in [1.29, 1.82) is 0 Å². The van der Waals surface area contributed by atoms with E-state index in [0.29, 0.717) is 20.4 Å². The monoisotopic (exact) mass is 474 g/mol. The topological polar surface area (TPSA) is 70.9 Å². The second-order valence-electron chi connectivity index (χ2n) is 4.26. The molecule has 7 heteroatoms. The first-order valence-electron chi connectivity index (χ1n) is 6.16. The fraction of sp³-hybridized carbons (Fsp3) is 0.0667. The maximum atomic E-state index is 11.9. The Labute approximate surface area is 149 Å². The molecule has 5 nitrogen and oxygen atoms in total. The van der Waals surface area contributed by atoms with Crippen LogP contribution in [-0.2, 0) is 0 Å². The second kappa shape index (κ2) is 7.59. The number of nitrogens with zero attached hydrogens (tertiary/aromatic N) is 1. The summed E-state index contributed by atoms with van der Waals surface area (Å²) in [6, 6.07) is 10.4. The highest BCUT2D eigenvalue weighted by Gasteiger charge is 2.08. The van der Waals surface area contributed by atoms with Crippen LogP contribution in [0.4, 0.5) is 0 Å². The van der Waals surface area contributed by atoms with Crippen LogP contribution in [0, 0.1) is 3.57 Å². The molecular formula is C15H12BrIN2O3. The normalized spacial score (nSPS) is 10.7. The Morgan fingerprint density at radius 1 is 1.41 bits per heavy atom. The number of hydrogen-bond acceptors (Lipinski definition) is 4. The molecule has 0 bridgehead atoms. The zero-order chi connectivity index (χ0) is 16.1. The highest BCUT2D eigenvalue weighted by molar-refractivity contribution is 14.1. The molecule has 0 heterocycles. The number of benzene rings is 2. The lowest BCUT2D eigenvalue weighted by Gasteiger charge is -2.06. The second-order valence-corrected chi connectivity index (χ2v) is 6.34. The van der Waals surface area contributed by atoms with Gasteiger partial charge in [-0.05, 0) is 58.5 Å². The van der Waals surface area contributed by atoms with Gasteiger partial charge in [-0.1, -0.05) is 22.0 Å². The molecule has 0 saturated carbocycles. The van der Waals surface area contributed by atoms with E-state index >= 15 is 0 Å². The predicted octanol–water partition coefficient (Wildman–Crippen LogP) is 3.53. The molecule has 2 aromatic carbocycles. The van der Waals surface area contributed by atoms with Crippen molar-refractivity contribution in [1.82, 2.24) is 5.43 Å². The lowest BCUT2D eigenvalue weighted by atomic mass is 10.2. The van der Waals surface area contributed by atoms with Crippen LogP contribution < -0.4 is 10.2 Å². The van der Waals surface area contributed by atoms with Gasteiger partial charge in [0.05, 0.1) is 16.9 Å². The van der Waals surface area contributed by atoms with E-state index in [-0.39, 0.29) is 11.7 Å². The zero-order valence-corrected chi connectivity index (χ0v) is 15.3. The smallest absolute Gasteiger partial charge is 0.271 e. The molecule has 0 saturated heterocycles. The number of amides is 1. The molecule has 0 fully saturated rings. The van der Waals surface area contributed by atoms with Gasteiger partial charge in [0.1, 0.15) is 0 Å². The third-order valence-corrected chi connectivity index (χ3v) is 4.05. The van der Waals surface area contributed by atoms with E-state index in [1.54, 1.807) is 30.3 Å². The van der Waals surface area contributed by atoms with Crippen molar-refractivity contribution in [3.8, 4) is 11.5 Å². The Bertz CT molecular complexity index is 735. The number of phenols is 1. The number of hydrazone groups is 1. The maximum Gasteiger partial charge on any atom is 0.271 e. The average Bonchev–Trinajstić information content (AvgIpc) is 2.50. The van der Waals surface area contributed by atoms with E-state index in [4.69, 9.17) is 4.74 Å². The summed E-state index contributed by atoms with van der Waals surface area (Å²) in [5.74, 6) is 0.128. The molecule has 2 rings (SSSR count). The van der Waals surface area contributed by atoms with Gasteiger partial charge in [0.2, 0.25) is 0 Å². The summed E-state index contributed by atoms with van der Waals surface area (Å²) < 4.78 is 6.52. The minimum atomic E-state index is -0.307. The minimum absolute atomic E-state index is 0.0819. The Kier molecular flexibility index (Phi) is 5.78. The molecule has 0 spiro atoms. The molecule has 1 amide bonds. The van der Waals surface area contributed by atoms with Crippen LogP contribution in [0.15, 0.2) is 46.0 Å². The van der Waals surface area contributed by atoms with Gasteiger partial charge < -0.3 is 9.84 Å². The number of methoxy groups -OCH3 is 1. The Hall–Kier alpha value is -1.61. The van der Waals surface area contributed by atoms with Crippen LogP contribution in [0.5, 0.6) is 11.5 Å². The number of aromatic hydroxyl groups is 1. The predicted molar refractivity (Wildman–Crippen MR) is 96.6 cm³/mol. The number of ether oxygens (including phenoxy) is 1. The quantitative estimate of drug-likeness (QED) is 0.404. The molecule has 2 N–H and O–H groups in total. The lowest BCUT2D eigenvalue weighted by Crippen LogP contribution is -2.17. The van der Waals surface area contributed by atoms with E-state index in [2.05, 4.69) is 26.5 Å². The molecule has 0 aliphatic rings. The van der Waals surface area contributed by atoms with Crippen molar-refractivity contribution in [2.45, 2.75) is 0 Å². The van der Waals surface area contributed by atoms with Crippen molar-refractivity contribution in [2.24, 2.45) is 5.10 Å². The first-order valence-corrected chi connectivity index (χ1v) is 8.04. The largest absolute Gasteiger partial charge is 0.504 e. The molecule has 0 radical (unpaired) electrons. The van der Waals surface area contributed by atoms with Crippen molar-refractivity contribution >= 4 is 50.6 Å². The lowest BCUT2D eigenvalue weighted by molar-refractivity contribution is 0.0955. The van der Waals surface area contributed by atoms with Gasteiger partial charge in [-0.2, -0.15) is 5.10 Å². The molecule has 0 aromatic heterocycles. The van der Waals surface area contributed by atoms with Gasteiger partial charge in [-0.3, -0.25) is 4.79 Å². The Balaban J connectivity index is 2.10. The number of rotatable bonds is 4. The first-order chi connectivity index (χ1) is 10.5. The number of phenolic OH excluding ortho intramolecular Hbond substituents is 1. The summed E-state index contributed by atoms with van der Waals surface area (Å²) in [6.45, 7) is 0. The van der Waals surface area contributed by atoms with Gasteiger partial charge in [-0.15, -0.1) is 0 Å². The van der Waals surface area contributed by atoms with Crippen molar-refractivity contribution in [3.05, 3.63) is 55.6 Å². The number of nitrogens with one attached hydrogen (secondary N) is 1. The van der Waals surface area contributed by atoms with E-state index < -0.39 is 0 Å². The summed E-state index contributed by atoms with van der Waals surface area (Å²) in [5, 5.41) is 13.7. The van der Waals surface area contributed by atoms with Crippen molar-refractivity contribution in [2.75, 3.05) is 7.11 Å². The van der Waals surface area contributed by atoms with Crippen molar-refractivity contribution < 1.29 is 14.6 Å². The van der Waals surface area contributed by atoms with Gasteiger partial charge >= 0.3 is 0 Å². The molecule has 22 heavy (non-hydrogen) atoms. The highest BCUT2D eigenvalue weighted by atomic mass is 127. The number of hydrogen-bond donors (Lipinski definition) is 2. The summed E-state index contributed by atoms with van der Waals surface area (Å²) >= 11 is 5.30. The van der Waals surface area contributed by atoms with Gasteiger partial charge in [0.25, 0.3) is 5.91 Å². The number of halogens is 2. The van der Waals surface area contributed by atoms with E-state index in [9.17, 15) is 9.90 Å². The first kappa shape index (κ1) is 16.8. The molecule has 0 unspecified atom stereocenters. The summed E-state index contributed by atoms with van der Waals surface area (Å²) in [5.41, 5.74) is 3.66. The van der Waals surface area contributed by atoms with E-state index in [1.807, 2.05) is 28.7 Å². The summed E-state index contributed by atoms with van der Waals surface area (Å²) in [4.78, 5) is 11.9. The van der Waals surface area contributed by atoms with Gasteiger partial charge in [-0.25, -0.2) is 5.43 Å². The third-order valence-electron chi connectivity index (χ3n) is 2.74. The molecular weight excluding hydrogens is 463 g/mol. The fourth-order valence-corrected chi connectivity index (χ4v) is 2.71. The SMILES string of the molecule is COc1cc(C=NNC(=O)c2cccc(Br)c2)cc(I)c1O. The Morgan fingerprint density at radius 3 is 2.86 bits per heavy atom. The van der Waals surface area contributed by atoms with Crippen LogP contribution in [-0.4, -0.2) is 24.3 Å². The van der Waals surface area contributed by atoms with Crippen LogP contribution in [0.2, 0.25) is 0 Å². The molecule has 2 aromatic rings. The highest BCUT2D eigenvalue weighted by Crippen LogP contribution is 2.31. The molecule has 0 aliphatic carbocycles. The van der Waals surface area contributed by atoms with Crippen molar-refractivity contribution in [3.63, 3.8) is 0 Å². The zero-order valence-electron chi connectivity index (χ0n) is 11.5. The average molecular weight is 475 g/mol. The van der Waals surface area contributed by atoms with Crippen LogP contribution >= 0.6 is 38.5 Å². The van der Waals surface area contributed by atoms with Gasteiger partial charge in [0.15, 0.2) is 11.5 Å². The van der Waals surface area contributed by atoms with Gasteiger partial charge in [0, 0.05) is 10.0 Å². The maximum absolute atomic E-state index is 11.9. The molecule has 0 atom stereocenters. The summed E-state index contributed by atoms with van der Waals surface area (Å²) in [6.07, 6.45) is 1.49. The van der Waals surface area contributed by atoms with E-state index in [1.165, 1.54) is 13.3 Å². The van der Waals surface area contributed by atoms with E-state index in [0.717, 1.165) is 4.47 Å². The van der Waals surface area contributed by atoms with Crippen LogP contribution in [0.25, 0.3) is 0 Å². The third kappa shape index (κ3) is 4.20. The van der Waals surface area contributed by atoms with Crippen LogP contribution in [0.1, 0.15) is 15.9 Å². The summed E-state index contributed by atoms with van der Waals surface area (Å²) in [7, 11) is 1.47. The minimum Gasteiger partial charge on any atom is -0.504 e. The standard InChI is InChI=1S/C15H12BrIN2O3/c1-22-13-6-9(5-12(17)14(13)20)8-18-19-15(21)10-3-2-4-11(16)7-10/h2-8,20H,1H3,(H,19,21). The fourth-order valence-electron chi connectivity index (χ4n) is 1.68. The number of carbonyl (C=O) groups is 1. The van der Waals surface area contributed by atoms with Crippen LogP contribution in [0.3, 0.4) is 0 Å². The molecule has 114 valence electrons. The Morgan fingerprint density at radius 2 is 2.18 bits per heavy atom.